The van der Waals surface area contributed by atoms with Gasteiger partial charge in [0.05, 0.1) is 6.54 Å². The zero-order valence-corrected chi connectivity index (χ0v) is 16.5. The highest BCUT2D eigenvalue weighted by atomic mass is 35.5. The van der Waals surface area contributed by atoms with Crippen molar-refractivity contribution in [3.63, 3.8) is 0 Å². The SMILES string of the molecule is Cc1onc(-c2ccccc2)c1CN1C(=O)NC2(C(=O)Nc3ccc(Cl)cc32)C1=O. The summed E-state index contributed by atoms with van der Waals surface area (Å²) in [5.41, 5.74) is 0.842. The highest BCUT2D eigenvalue weighted by molar-refractivity contribution is 6.32. The van der Waals surface area contributed by atoms with Crippen molar-refractivity contribution in [3.8, 4) is 11.3 Å². The summed E-state index contributed by atoms with van der Waals surface area (Å²) in [6.45, 7) is 1.62. The fraction of sp³-hybridized carbons (Fsp3) is 0.143. The second-order valence-corrected chi connectivity index (χ2v) is 7.58. The van der Waals surface area contributed by atoms with E-state index in [2.05, 4.69) is 15.8 Å². The van der Waals surface area contributed by atoms with Gasteiger partial charge in [0.15, 0.2) is 0 Å². The first-order chi connectivity index (χ1) is 14.4. The number of hydrogen-bond acceptors (Lipinski definition) is 5. The average Bonchev–Trinajstić information content (AvgIpc) is 3.32. The van der Waals surface area contributed by atoms with Crippen LogP contribution in [0.3, 0.4) is 0 Å². The number of nitrogens with zero attached hydrogens (tertiary/aromatic N) is 2. The molecule has 8 nitrogen and oxygen atoms in total. The highest BCUT2D eigenvalue weighted by Gasteiger charge is 2.61. The maximum Gasteiger partial charge on any atom is 0.326 e. The molecule has 30 heavy (non-hydrogen) atoms. The summed E-state index contributed by atoms with van der Waals surface area (Å²) in [7, 11) is 0. The number of aryl methyl sites for hydroxylation is 1. The topological polar surface area (TPSA) is 105 Å². The predicted octanol–water partition coefficient (Wildman–Crippen LogP) is 3.20. The highest BCUT2D eigenvalue weighted by Crippen LogP contribution is 2.42. The lowest BCUT2D eigenvalue weighted by Crippen LogP contribution is -2.49. The summed E-state index contributed by atoms with van der Waals surface area (Å²) >= 11 is 6.08. The van der Waals surface area contributed by atoms with Crippen LogP contribution in [0.2, 0.25) is 5.02 Å². The minimum absolute atomic E-state index is 0.0881. The molecule has 2 aliphatic heterocycles. The van der Waals surface area contributed by atoms with E-state index in [1.807, 2.05) is 30.3 Å². The molecule has 3 heterocycles. The average molecular weight is 423 g/mol. The zero-order valence-electron chi connectivity index (χ0n) is 15.7. The lowest BCUT2D eigenvalue weighted by molar-refractivity contribution is -0.137. The van der Waals surface area contributed by atoms with Gasteiger partial charge in [0.2, 0.25) is 5.54 Å². The van der Waals surface area contributed by atoms with Crippen molar-refractivity contribution in [1.82, 2.24) is 15.4 Å². The number of aromatic nitrogens is 1. The van der Waals surface area contributed by atoms with Gasteiger partial charge in [-0.3, -0.25) is 14.5 Å². The molecule has 1 fully saturated rings. The number of imide groups is 1. The normalized spacial score (nSPS) is 19.9. The van der Waals surface area contributed by atoms with Crippen molar-refractivity contribution in [2.24, 2.45) is 0 Å². The second kappa shape index (κ2) is 6.43. The van der Waals surface area contributed by atoms with E-state index in [-0.39, 0.29) is 6.54 Å². The summed E-state index contributed by atoms with van der Waals surface area (Å²) in [5, 5.41) is 9.66. The predicted molar refractivity (Wildman–Crippen MR) is 108 cm³/mol. The molecule has 2 aromatic carbocycles. The number of carbonyl (C=O) groups is 3. The van der Waals surface area contributed by atoms with E-state index in [1.54, 1.807) is 19.1 Å². The zero-order chi connectivity index (χ0) is 21.0. The molecule has 1 atom stereocenters. The third-order valence-corrected chi connectivity index (χ3v) is 5.66. The number of amides is 4. The second-order valence-electron chi connectivity index (χ2n) is 7.15. The number of carbonyl (C=O) groups excluding carboxylic acids is 3. The van der Waals surface area contributed by atoms with Crippen LogP contribution < -0.4 is 10.6 Å². The number of hydrogen-bond donors (Lipinski definition) is 2. The molecule has 1 aromatic heterocycles. The summed E-state index contributed by atoms with van der Waals surface area (Å²) in [4.78, 5) is 40.0. The van der Waals surface area contributed by atoms with Crippen LogP contribution in [-0.4, -0.2) is 27.9 Å². The first-order valence-corrected chi connectivity index (χ1v) is 9.56. The lowest BCUT2D eigenvalue weighted by Gasteiger charge is -2.19. The van der Waals surface area contributed by atoms with Crippen LogP contribution in [0.25, 0.3) is 11.3 Å². The van der Waals surface area contributed by atoms with Gasteiger partial charge in [0, 0.05) is 27.4 Å². The van der Waals surface area contributed by atoms with Crippen LogP contribution in [-0.2, 0) is 21.7 Å². The van der Waals surface area contributed by atoms with Crippen molar-refractivity contribution in [2.75, 3.05) is 5.32 Å². The molecule has 0 radical (unpaired) electrons. The Hall–Kier alpha value is -3.65. The monoisotopic (exact) mass is 422 g/mol. The number of rotatable bonds is 3. The molecule has 1 unspecified atom stereocenters. The van der Waals surface area contributed by atoms with E-state index in [0.29, 0.717) is 33.3 Å². The van der Waals surface area contributed by atoms with Gasteiger partial charge in [-0.15, -0.1) is 0 Å². The molecule has 3 aromatic rings. The van der Waals surface area contributed by atoms with E-state index in [0.717, 1.165) is 10.5 Å². The standard InChI is InChI=1S/C21H15ClN4O4/c1-11-14(17(25-30-11)12-5-3-2-4-6-12)10-26-19(28)21(24-20(26)29)15-9-13(22)7-8-16(15)23-18(21)27/h2-9H,10H2,1H3,(H,23,27)(H,24,29). The van der Waals surface area contributed by atoms with Gasteiger partial charge in [-0.25, -0.2) is 4.79 Å². The van der Waals surface area contributed by atoms with E-state index in [9.17, 15) is 14.4 Å². The van der Waals surface area contributed by atoms with Gasteiger partial charge in [-0.2, -0.15) is 0 Å². The quantitative estimate of drug-likeness (QED) is 0.498. The Labute approximate surface area is 175 Å². The van der Waals surface area contributed by atoms with Crippen molar-refractivity contribution in [2.45, 2.75) is 19.0 Å². The van der Waals surface area contributed by atoms with Crippen LogP contribution in [0.1, 0.15) is 16.9 Å². The number of urea groups is 1. The Balaban J connectivity index is 1.55. The van der Waals surface area contributed by atoms with E-state index < -0.39 is 23.4 Å². The van der Waals surface area contributed by atoms with Crippen molar-refractivity contribution in [3.05, 3.63) is 70.4 Å². The molecule has 2 N–H and O–H groups in total. The van der Waals surface area contributed by atoms with Gasteiger partial charge in [-0.1, -0.05) is 47.1 Å². The van der Waals surface area contributed by atoms with Crippen LogP contribution >= 0.6 is 11.6 Å². The third kappa shape index (κ3) is 2.47. The van der Waals surface area contributed by atoms with E-state index in [1.165, 1.54) is 6.07 Å². The number of nitrogens with one attached hydrogen (secondary N) is 2. The molecule has 0 saturated carbocycles. The summed E-state index contributed by atoms with van der Waals surface area (Å²) in [6, 6.07) is 13.3. The summed E-state index contributed by atoms with van der Waals surface area (Å²) in [5.74, 6) is -0.814. The van der Waals surface area contributed by atoms with Gasteiger partial charge in [0.25, 0.3) is 11.8 Å². The minimum atomic E-state index is -1.84. The maximum atomic E-state index is 13.4. The third-order valence-electron chi connectivity index (χ3n) is 5.43. The number of anilines is 1. The molecule has 2 aliphatic rings. The van der Waals surface area contributed by atoms with Crippen LogP contribution in [0, 0.1) is 6.92 Å². The van der Waals surface area contributed by atoms with Crippen LogP contribution in [0.15, 0.2) is 53.1 Å². The Kier molecular flexibility index (Phi) is 3.94. The van der Waals surface area contributed by atoms with Gasteiger partial charge in [-0.05, 0) is 25.1 Å². The first-order valence-electron chi connectivity index (χ1n) is 9.18. The molecule has 0 aliphatic carbocycles. The van der Waals surface area contributed by atoms with Crippen LogP contribution in [0.4, 0.5) is 10.5 Å². The Morgan fingerprint density at radius 1 is 1.13 bits per heavy atom. The number of halogens is 1. The van der Waals surface area contributed by atoms with Crippen molar-refractivity contribution in [1.29, 1.82) is 0 Å². The number of benzene rings is 2. The molecule has 1 saturated heterocycles. The van der Waals surface area contributed by atoms with Gasteiger partial charge in [0.1, 0.15) is 11.5 Å². The summed E-state index contributed by atoms with van der Waals surface area (Å²) in [6.07, 6.45) is 0. The largest absolute Gasteiger partial charge is 0.361 e. The molecule has 5 rings (SSSR count). The summed E-state index contributed by atoms with van der Waals surface area (Å²) < 4.78 is 5.32. The molecule has 150 valence electrons. The molecule has 9 heteroatoms. The van der Waals surface area contributed by atoms with E-state index in [4.69, 9.17) is 16.1 Å². The van der Waals surface area contributed by atoms with Gasteiger partial charge < -0.3 is 15.2 Å². The molecular formula is C21H15ClN4O4. The van der Waals surface area contributed by atoms with Gasteiger partial charge >= 0.3 is 6.03 Å². The van der Waals surface area contributed by atoms with Crippen LogP contribution in [0.5, 0.6) is 0 Å². The molecule has 4 amide bonds. The van der Waals surface area contributed by atoms with Crippen molar-refractivity contribution >= 4 is 35.1 Å². The Morgan fingerprint density at radius 2 is 1.90 bits per heavy atom. The molecular weight excluding hydrogens is 408 g/mol. The van der Waals surface area contributed by atoms with E-state index >= 15 is 0 Å². The fourth-order valence-corrected chi connectivity index (χ4v) is 4.06. The first kappa shape index (κ1) is 18.4. The fourth-order valence-electron chi connectivity index (χ4n) is 3.89. The Bertz CT molecular complexity index is 1220. The maximum absolute atomic E-state index is 13.4. The minimum Gasteiger partial charge on any atom is -0.361 e. The smallest absolute Gasteiger partial charge is 0.326 e. The number of fused-ring (bicyclic) bond motifs is 2. The Morgan fingerprint density at radius 3 is 2.67 bits per heavy atom. The lowest BCUT2D eigenvalue weighted by atomic mass is 9.91. The molecule has 1 spiro atoms. The van der Waals surface area contributed by atoms with Crippen molar-refractivity contribution < 1.29 is 18.9 Å². The molecule has 0 bridgehead atoms.